The van der Waals surface area contributed by atoms with E-state index in [1.165, 1.54) is 19.3 Å². The number of phosphoric acid groups is 1. The van der Waals surface area contributed by atoms with Crippen LogP contribution in [0, 0.1) is 0 Å². The summed E-state index contributed by atoms with van der Waals surface area (Å²) in [6.45, 7) is 1.83. The molecule has 1 unspecified atom stereocenters. The van der Waals surface area contributed by atoms with Gasteiger partial charge in [0.05, 0.1) is 19.8 Å². The minimum absolute atomic E-state index is 0.178. The molecule has 0 aliphatic rings. The van der Waals surface area contributed by atoms with Crippen LogP contribution in [0.5, 0.6) is 0 Å². The largest absolute Gasteiger partial charge is 0.472 e. The van der Waals surface area contributed by atoms with E-state index in [2.05, 4.69) is 16.7 Å². The van der Waals surface area contributed by atoms with Gasteiger partial charge in [-0.1, -0.05) is 57.6 Å². The molecule has 0 spiro atoms. The van der Waals surface area contributed by atoms with E-state index in [0.717, 1.165) is 32.1 Å². The maximum atomic E-state index is 12.2. The van der Waals surface area contributed by atoms with E-state index in [0.29, 0.717) is 12.8 Å². The minimum atomic E-state index is -4.57. The third-order valence-corrected chi connectivity index (χ3v) is 5.97. The van der Waals surface area contributed by atoms with E-state index >= 15 is 0 Å². The van der Waals surface area contributed by atoms with E-state index in [1.807, 2.05) is 13.8 Å². The summed E-state index contributed by atoms with van der Waals surface area (Å²) in [6.07, 6.45) is 12.0. The molecular formula is C24H45O10P. The number of rotatable bonds is 23. The lowest BCUT2D eigenvalue weighted by molar-refractivity contribution is -0.161. The Morgan fingerprint density at radius 2 is 1.49 bits per heavy atom. The van der Waals surface area contributed by atoms with E-state index < -0.39 is 51.8 Å². The smallest absolute Gasteiger partial charge is 0.462 e. The molecule has 0 aromatic rings. The maximum absolute atomic E-state index is 12.2. The predicted octanol–water partition coefficient (Wildman–Crippen LogP) is 4.21. The zero-order valence-electron chi connectivity index (χ0n) is 21.3. The highest BCUT2D eigenvalue weighted by molar-refractivity contribution is 7.47. The van der Waals surface area contributed by atoms with Gasteiger partial charge in [0.25, 0.3) is 0 Å². The first-order valence-electron chi connectivity index (χ1n) is 12.6. The molecule has 0 saturated carbocycles. The molecule has 0 rings (SSSR count). The topological polar surface area (TPSA) is 149 Å². The second-order valence-electron chi connectivity index (χ2n) is 8.38. The van der Waals surface area contributed by atoms with Crippen molar-refractivity contribution < 1.29 is 47.8 Å². The van der Waals surface area contributed by atoms with Crippen LogP contribution < -0.4 is 0 Å². The number of hydrogen-bond acceptors (Lipinski definition) is 9. The fourth-order valence-corrected chi connectivity index (χ4v) is 3.76. The zero-order chi connectivity index (χ0) is 26.4. The molecule has 0 bridgehead atoms. The summed E-state index contributed by atoms with van der Waals surface area (Å²) < 4.78 is 31.8. The van der Waals surface area contributed by atoms with Crippen molar-refractivity contribution in [1.82, 2.24) is 0 Å². The van der Waals surface area contributed by atoms with Crippen molar-refractivity contribution in [3.05, 3.63) is 12.2 Å². The molecule has 0 aliphatic heterocycles. The molecule has 0 radical (unpaired) electrons. The van der Waals surface area contributed by atoms with Gasteiger partial charge >= 0.3 is 19.8 Å². The van der Waals surface area contributed by atoms with Crippen LogP contribution in [-0.4, -0.2) is 65.7 Å². The van der Waals surface area contributed by atoms with Gasteiger partial charge in [-0.05, 0) is 32.6 Å². The molecule has 0 amide bonds. The van der Waals surface area contributed by atoms with Crippen LogP contribution in [0.25, 0.3) is 0 Å². The van der Waals surface area contributed by atoms with Crippen LogP contribution >= 0.6 is 7.82 Å². The number of aliphatic hydroxyl groups is 2. The molecule has 3 atom stereocenters. The van der Waals surface area contributed by atoms with Gasteiger partial charge in [0, 0.05) is 12.8 Å². The fourth-order valence-electron chi connectivity index (χ4n) is 2.97. The number of hydrogen-bond donors (Lipinski definition) is 3. The first-order chi connectivity index (χ1) is 16.7. The summed E-state index contributed by atoms with van der Waals surface area (Å²) in [5, 5.41) is 18.0. The number of unbranched alkanes of at least 4 members (excludes halogenated alkanes) is 8. The normalized spacial score (nSPS) is 15.0. The fraction of sp³-hybridized carbons (Fsp3) is 0.833. The van der Waals surface area contributed by atoms with Gasteiger partial charge in [0.15, 0.2) is 6.10 Å². The molecule has 0 heterocycles. The molecule has 0 aliphatic carbocycles. The Bertz CT molecular complexity index is 625. The summed E-state index contributed by atoms with van der Waals surface area (Å²) in [5.74, 6) is -0.980. The van der Waals surface area contributed by atoms with Gasteiger partial charge in [0.1, 0.15) is 12.7 Å². The minimum Gasteiger partial charge on any atom is -0.462 e. The molecule has 0 aromatic heterocycles. The van der Waals surface area contributed by atoms with Gasteiger partial charge in [-0.25, -0.2) is 4.57 Å². The molecule has 11 heteroatoms. The Kier molecular flexibility index (Phi) is 21.1. The highest BCUT2D eigenvalue weighted by atomic mass is 31.2. The summed E-state index contributed by atoms with van der Waals surface area (Å²) in [7, 11) is -4.57. The maximum Gasteiger partial charge on any atom is 0.472 e. The van der Waals surface area contributed by atoms with E-state index in [1.54, 1.807) is 0 Å². The highest BCUT2D eigenvalue weighted by Crippen LogP contribution is 2.43. The van der Waals surface area contributed by atoms with Crippen molar-refractivity contribution in [3.63, 3.8) is 0 Å². The Balaban J connectivity index is 4.42. The van der Waals surface area contributed by atoms with Crippen molar-refractivity contribution >= 4 is 19.8 Å². The summed E-state index contributed by atoms with van der Waals surface area (Å²) in [6, 6.07) is 0. The second kappa shape index (κ2) is 21.9. The average molecular weight is 525 g/mol. The van der Waals surface area contributed by atoms with Gasteiger partial charge in [0.2, 0.25) is 0 Å². The Hall–Kier alpha value is -1.29. The first-order valence-corrected chi connectivity index (χ1v) is 14.1. The Morgan fingerprint density at radius 3 is 2.11 bits per heavy atom. The van der Waals surface area contributed by atoms with Gasteiger partial charge < -0.3 is 24.6 Å². The predicted molar refractivity (Wildman–Crippen MR) is 132 cm³/mol. The lowest BCUT2D eigenvalue weighted by atomic mass is 10.1. The average Bonchev–Trinajstić information content (AvgIpc) is 2.84. The molecule has 0 fully saturated rings. The monoisotopic (exact) mass is 524 g/mol. The lowest BCUT2D eigenvalue weighted by Gasteiger charge is -2.20. The molecular weight excluding hydrogens is 479 g/mol. The van der Waals surface area contributed by atoms with Crippen LogP contribution in [0.4, 0.5) is 0 Å². The molecule has 10 nitrogen and oxygen atoms in total. The standard InChI is InChI=1S/C24H45O10P/c1-3-5-7-8-9-10-11-12-13-14-16-24(28)34-22(19-31-23(27)15-6-4-2)20-33-35(29,30)32-18-21(26)17-25/h3,5,21-22,25-26H,4,6-20H2,1-2H3,(H,29,30)/b5-3+/t21-,22+/m0/s1. The second-order valence-corrected chi connectivity index (χ2v) is 9.83. The number of aliphatic hydroxyl groups excluding tert-OH is 2. The summed E-state index contributed by atoms with van der Waals surface area (Å²) in [4.78, 5) is 33.7. The third kappa shape index (κ3) is 21.7. The SMILES string of the molecule is C/C=C/CCCCCCCCCC(=O)O[C@H](COC(=O)CCCC)COP(=O)(O)OC[C@@H](O)CO. The zero-order valence-corrected chi connectivity index (χ0v) is 22.2. The molecule has 206 valence electrons. The third-order valence-electron chi connectivity index (χ3n) is 5.01. The number of carbonyl (C=O) groups excluding carboxylic acids is 2. The van der Waals surface area contributed by atoms with Crippen molar-refractivity contribution in [2.75, 3.05) is 26.4 Å². The highest BCUT2D eigenvalue weighted by Gasteiger charge is 2.27. The van der Waals surface area contributed by atoms with Crippen LogP contribution in [0.2, 0.25) is 0 Å². The first kappa shape index (κ1) is 33.7. The quantitative estimate of drug-likeness (QED) is 0.0768. The number of phosphoric ester groups is 1. The number of ether oxygens (including phenoxy) is 2. The van der Waals surface area contributed by atoms with Crippen LogP contribution in [0.3, 0.4) is 0 Å². The molecule has 35 heavy (non-hydrogen) atoms. The molecule has 0 aromatic carbocycles. The number of esters is 2. The van der Waals surface area contributed by atoms with E-state index in [9.17, 15) is 24.2 Å². The van der Waals surface area contributed by atoms with Crippen LogP contribution in [-0.2, 0) is 32.7 Å². The van der Waals surface area contributed by atoms with Crippen molar-refractivity contribution in [2.24, 2.45) is 0 Å². The molecule has 0 saturated heterocycles. The number of carbonyl (C=O) groups is 2. The number of allylic oxidation sites excluding steroid dienone is 2. The van der Waals surface area contributed by atoms with E-state index in [4.69, 9.17) is 19.1 Å². The van der Waals surface area contributed by atoms with Crippen LogP contribution in [0.1, 0.15) is 90.9 Å². The van der Waals surface area contributed by atoms with Gasteiger partial charge in [-0.3, -0.25) is 18.6 Å². The Labute approximate surface area is 209 Å². The van der Waals surface area contributed by atoms with Gasteiger partial charge in [-0.2, -0.15) is 0 Å². The van der Waals surface area contributed by atoms with Crippen molar-refractivity contribution in [3.8, 4) is 0 Å². The van der Waals surface area contributed by atoms with Crippen LogP contribution in [0.15, 0.2) is 12.2 Å². The van der Waals surface area contributed by atoms with Crippen molar-refractivity contribution in [2.45, 2.75) is 103 Å². The van der Waals surface area contributed by atoms with Crippen molar-refractivity contribution in [1.29, 1.82) is 0 Å². The van der Waals surface area contributed by atoms with Gasteiger partial charge in [-0.15, -0.1) is 0 Å². The summed E-state index contributed by atoms with van der Waals surface area (Å²) >= 11 is 0. The lowest BCUT2D eigenvalue weighted by Crippen LogP contribution is -2.29. The molecule has 3 N–H and O–H groups in total. The van der Waals surface area contributed by atoms with E-state index in [-0.39, 0.29) is 19.4 Å². The Morgan fingerprint density at radius 1 is 0.886 bits per heavy atom. The summed E-state index contributed by atoms with van der Waals surface area (Å²) in [5.41, 5.74) is 0.